The van der Waals surface area contributed by atoms with E-state index in [2.05, 4.69) is 21.5 Å². The Morgan fingerprint density at radius 2 is 1.88 bits per heavy atom. The smallest absolute Gasteiger partial charge is 0.253 e. The second kappa shape index (κ2) is 12.5. The zero-order chi connectivity index (χ0) is 24.2. The van der Waals surface area contributed by atoms with Crippen LogP contribution in [-0.4, -0.2) is 37.1 Å². The fraction of sp³-hybridized carbons (Fsp3) is 0.148. The number of benzene rings is 2. The molecule has 7 nitrogen and oxygen atoms in total. The second-order valence-corrected chi connectivity index (χ2v) is 7.13. The molecule has 0 aliphatic heterocycles. The molecule has 0 unspecified atom stereocenters. The van der Waals surface area contributed by atoms with Gasteiger partial charge in [-0.15, -0.1) is 6.42 Å². The Kier molecular flexibility index (Phi) is 8.83. The molecule has 0 saturated carbocycles. The first kappa shape index (κ1) is 24.1. The number of pyridine rings is 1. The van der Waals surface area contributed by atoms with Gasteiger partial charge in [0.15, 0.2) is 11.5 Å². The van der Waals surface area contributed by atoms with Crippen LogP contribution in [0, 0.1) is 12.3 Å². The van der Waals surface area contributed by atoms with Crippen LogP contribution in [0.2, 0.25) is 0 Å². The van der Waals surface area contributed by atoms with E-state index in [1.165, 1.54) is 13.2 Å². The number of carbonyl (C=O) groups excluding carboxylic acids is 2. The third kappa shape index (κ3) is 6.97. The van der Waals surface area contributed by atoms with Gasteiger partial charge in [0, 0.05) is 25.0 Å². The standard InChI is InChI=1S/C27H25N3O4/c1-3-18-34-24-10-8-21(19-25(24)33-2)9-11-26(31)30-23-7-5-4-6-22(23)27(32)29-17-14-20-12-15-28-16-13-20/h1,4-13,15-16,19H,14,17-18H2,2H3,(H,29,32)(H,30,31). The van der Waals surface area contributed by atoms with Gasteiger partial charge in [0.25, 0.3) is 5.91 Å². The topological polar surface area (TPSA) is 89.5 Å². The van der Waals surface area contributed by atoms with Gasteiger partial charge in [0.1, 0.15) is 6.61 Å². The van der Waals surface area contributed by atoms with Gasteiger partial charge in [-0.25, -0.2) is 0 Å². The van der Waals surface area contributed by atoms with Crippen LogP contribution < -0.4 is 20.1 Å². The monoisotopic (exact) mass is 455 g/mol. The SMILES string of the molecule is C#CCOc1ccc(C=CC(=O)Nc2ccccc2C(=O)NCCc2ccncc2)cc1OC. The summed E-state index contributed by atoms with van der Waals surface area (Å²) in [6.07, 6.45) is 12.4. The number of rotatable bonds is 10. The van der Waals surface area contributed by atoms with Crippen molar-refractivity contribution < 1.29 is 19.1 Å². The number of methoxy groups -OCH3 is 1. The van der Waals surface area contributed by atoms with Crippen LogP contribution in [0.15, 0.2) is 73.1 Å². The number of hydrogen-bond acceptors (Lipinski definition) is 5. The number of nitrogens with zero attached hydrogens (tertiary/aromatic N) is 1. The maximum atomic E-state index is 12.7. The largest absolute Gasteiger partial charge is 0.493 e. The summed E-state index contributed by atoms with van der Waals surface area (Å²) in [4.78, 5) is 29.2. The molecule has 172 valence electrons. The summed E-state index contributed by atoms with van der Waals surface area (Å²) in [5.74, 6) is 2.79. The molecule has 34 heavy (non-hydrogen) atoms. The number of anilines is 1. The lowest BCUT2D eigenvalue weighted by Crippen LogP contribution is -2.27. The first-order chi connectivity index (χ1) is 16.6. The maximum Gasteiger partial charge on any atom is 0.253 e. The molecule has 1 heterocycles. The number of carbonyl (C=O) groups is 2. The van der Waals surface area contributed by atoms with E-state index in [1.807, 2.05) is 12.1 Å². The van der Waals surface area contributed by atoms with Crippen molar-refractivity contribution in [3.8, 4) is 23.8 Å². The van der Waals surface area contributed by atoms with Crippen LogP contribution in [0.3, 0.4) is 0 Å². The fourth-order valence-electron chi connectivity index (χ4n) is 3.13. The molecule has 0 bridgehead atoms. The lowest BCUT2D eigenvalue weighted by atomic mass is 10.1. The Hall–Kier alpha value is -4.57. The lowest BCUT2D eigenvalue weighted by molar-refractivity contribution is -0.111. The average molecular weight is 456 g/mol. The van der Waals surface area contributed by atoms with E-state index in [0.29, 0.717) is 35.7 Å². The van der Waals surface area contributed by atoms with E-state index >= 15 is 0 Å². The van der Waals surface area contributed by atoms with Crippen molar-refractivity contribution in [2.45, 2.75) is 6.42 Å². The van der Waals surface area contributed by atoms with Crippen LogP contribution in [0.1, 0.15) is 21.5 Å². The first-order valence-electron chi connectivity index (χ1n) is 10.6. The van der Waals surface area contributed by atoms with Gasteiger partial charge in [0.2, 0.25) is 5.91 Å². The number of aromatic nitrogens is 1. The molecular weight excluding hydrogens is 430 g/mol. The second-order valence-electron chi connectivity index (χ2n) is 7.13. The Balaban J connectivity index is 1.61. The van der Waals surface area contributed by atoms with Crippen molar-refractivity contribution in [2.24, 2.45) is 0 Å². The maximum absolute atomic E-state index is 12.7. The van der Waals surface area contributed by atoms with Crippen LogP contribution >= 0.6 is 0 Å². The molecule has 0 spiro atoms. The summed E-state index contributed by atoms with van der Waals surface area (Å²) < 4.78 is 10.7. The van der Waals surface area contributed by atoms with Crippen LogP contribution in [0.25, 0.3) is 6.08 Å². The number of hydrogen-bond donors (Lipinski definition) is 2. The highest BCUT2D eigenvalue weighted by Crippen LogP contribution is 2.28. The van der Waals surface area contributed by atoms with Gasteiger partial charge in [-0.1, -0.05) is 24.1 Å². The van der Waals surface area contributed by atoms with E-state index in [0.717, 1.165) is 11.1 Å². The fourth-order valence-corrected chi connectivity index (χ4v) is 3.13. The van der Waals surface area contributed by atoms with Crippen molar-refractivity contribution in [1.82, 2.24) is 10.3 Å². The van der Waals surface area contributed by atoms with Crippen molar-refractivity contribution in [3.63, 3.8) is 0 Å². The molecule has 2 aromatic carbocycles. The number of terminal acetylenes is 1. The minimum atomic E-state index is -0.372. The van der Waals surface area contributed by atoms with Crippen molar-refractivity contribution in [3.05, 3.63) is 89.8 Å². The van der Waals surface area contributed by atoms with E-state index in [9.17, 15) is 9.59 Å². The molecule has 3 aromatic rings. The predicted octanol–water partition coefficient (Wildman–Crippen LogP) is 3.73. The zero-order valence-electron chi connectivity index (χ0n) is 18.8. The van der Waals surface area contributed by atoms with Gasteiger partial charge in [-0.05, 0) is 60.0 Å². The molecule has 1 aromatic heterocycles. The zero-order valence-corrected chi connectivity index (χ0v) is 18.8. The number of ether oxygens (including phenoxy) is 2. The number of amides is 2. The third-order valence-electron chi connectivity index (χ3n) is 4.80. The van der Waals surface area contributed by atoms with Crippen LogP contribution in [0.5, 0.6) is 11.5 Å². The van der Waals surface area contributed by atoms with Gasteiger partial charge in [-0.3, -0.25) is 14.6 Å². The summed E-state index contributed by atoms with van der Waals surface area (Å²) in [6, 6.07) is 15.9. The predicted molar refractivity (Wildman–Crippen MR) is 132 cm³/mol. The number of para-hydroxylation sites is 1. The van der Waals surface area contributed by atoms with Gasteiger partial charge < -0.3 is 20.1 Å². The summed E-state index contributed by atoms with van der Waals surface area (Å²) in [5, 5.41) is 5.65. The lowest BCUT2D eigenvalue weighted by Gasteiger charge is -2.11. The Morgan fingerprint density at radius 1 is 1.09 bits per heavy atom. The molecule has 2 N–H and O–H groups in total. The quantitative estimate of drug-likeness (QED) is 0.359. The minimum Gasteiger partial charge on any atom is -0.493 e. The molecule has 0 aliphatic rings. The molecule has 0 aliphatic carbocycles. The molecule has 7 heteroatoms. The molecule has 0 saturated heterocycles. The molecule has 3 rings (SSSR count). The third-order valence-corrected chi connectivity index (χ3v) is 4.80. The minimum absolute atomic E-state index is 0.130. The summed E-state index contributed by atoms with van der Waals surface area (Å²) >= 11 is 0. The Labute approximate surface area is 198 Å². The normalized spacial score (nSPS) is 10.4. The van der Waals surface area contributed by atoms with Gasteiger partial charge in [-0.2, -0.15) is 0 Å². The first-order valence-corrected chi connectivity index (χ1v) is 10.6. The van der Waals surface area contributed by atoms with Gasteiger partial charge in [0.05, 0.1) is 18.4 Å². The molecule has 2 amide bonds. The molecule has 0 atom stereocenters. The molecule has 0 fully saturated rings. The van der Waals surface area contributed by atoms with E-state index in [1.54, 1.807) is 60.9 Å². The summed E-state index contributed by atoms with van der Waals surface area (Å²) in [7, 11) is 1.53. The van der Waals surface area contributed by atoms with Crippen molar-refractivity contribution in [1.29, 1.82) is 0 Å². The van der Waals surface area contributed by atoms with Crippen LogP contribution in [-0.2, 0) is 11.2 Å². The van der Waals surface area contributed by atoms with Crippen molar-refractivity contribution in [2.75, 3.05) is 25.6 Å². The number of nitrogens with one attached hydrogen (secondary N) is 2. The summed E-state index contributed by atoms with van der Waals surface area (Å²) in [6.45, 7) is 0.596. The highest BCUT2D eigenvalue weighted by atomic mass is 16.5. The highest BCUT2D eigenvalue weighted by molar-refractivity contribution is 6.07. The molecule has 0 radical (unpaired) electrons. The van der Waals surface area contributed by atoms with Gasteiger partial charge >= 0.3 is 0 Å². The van der Waals surface area contributed by atoms with Crippen molar-refractivity contribution >= 4 is 23.6 Å². The van der Waals surface area contributed by atoms with Crippen LogP contribution in [0.4, 0.5) is 5.69 Å². The van der Waals surface area contributed by atoms with E-state index in [4.69, 9.17) is 15.9 Å². The average Bonchev–Trinajstić information content (AvgIpc) is 2.87. The Morgan fingerprint density at radius 3 is 2.65 bits per heavy atom. The van der Waals surface area contributed by atoms with E-state index in [-0.39, 0.29) is 18.4 Å². The molecular formula is C27H25N3O4. The van der Waals surface area contributed by atoms with E-state index < -0.39 is 0 Å². The summed E-state index contributed by atoms with van der Waals surface area (Å²) in [5.41, 5.74) is 2.63. The Bertz CT molecular complexity index is 1200. The highest BCUT2D eigenvalue weighted by Gasteiger charge is 2.12.